The van der Waals surface area contributed by atoms with E-state index in [0.29, 0.717) is 28.6 Å². The Labute approximate surface area is 174 Å². The van der Waals surface area contributed by atoms with E-state index in [1.807, 2.05) is 38.1 Å². The minimum absolute atomic E-state index is 0.346. The normalized spacial score (nSPS) is 11.7. The summed E-state index contributed by atoms with van der Waals surface area (Å²) >= 11 is 6.04. The van der Waals surface area contributed by atoms with Crippen LogP contribution in [0.4, 0.5) is 5.69 Å². The molecular formula is C22H22ClN3O3. The first-order valence-corrected chi connectivity index (χ1v) is 9.62. The molecule has 0 aliphatic heterocycles. The van der Waals surface area contributed by atoms with Crippen molar-refractivity contribution < 1.29 is 9.53 Å². The second-order valence-corrected chi connectivity index (χ2v) is 7.06. The van der Waals surface area contributed by atoms with Crippen LogP contribution in [0.25, 0.3) is 11.3 Å². The number of aryl methyl sites for hydroxylation is 1. The van der Waals surface area contributed by atoms with E-state index in [1.165, 1.54) is 17.9 Å². The number of carbonyl (C=O) groups is 1. The van der Waals surface area contributed by atoms with Gasteiger partial charge in [-0.2, -0.15) is 5.10 Å². The molecule has 0 bridgehead atoms. The lowest BCUT2D eigenvalue weighted by Gasteiger charge is -2.18. The van der Waals surface area contributed by atoms with Crippen LogP contribution in [0.1, 0.15) is 24.9 Å². The third kappa shape index (κ3) is 4.66. The van der Waals surface area contributed by atoms with E-state index in [1.54, 1.807) is 24.3 Å². The lowest BCUT2D eigenvalue weighted by molar-refractivity contribution is -0.119. The molecule has 0 fully saturated rings. The van der Waals surface area contributed by atoms with Gasteiger partial charge >= 0.3 is 0 Å². The second-order valence-electron chi connectivity index (χ2n) is 6.63. The SMILES string of the molecule is CC[C@@H](C(=O)Nc1cc(Cl)ccc1OC)n1nc(-c2ccc(C)cc2)ccc1=O. The molecule has 6 nitrogen and oxygen atoms in total. The van der Waals surface area contributed by atoms with Gasteiger partial charge in [0.1, 0.15) is 11.8 Å². The fourth-order valence-electron chi connectivity index (χ4n) is 2.99. The first-order chi connectivity index (χ1) is 13.9. The molecular weight excluding hydrogens is 390 g/mol. The molecule has 2 aromatic carbocycles. The van der Waals surface area contributed by atoms with E-state index in [4.69, 9.17) is 16.3 Å². The molecule has 0 unspecified atom stereocenters. The van der Waals surface area contributed by atoms with Crippen LogP contribution in [-0.2, 0) is 4.79 Å². The van der Waals surface area contributed by atoms with E-state index in [2.05, 4.69) is 10.4 Å². The van der Waals surface area contributed by atoms with Crippen molar-refractivity contribution in [2.45, 2.75) is 26.3 Å². The molecule has 29 heavy (non-hydrogen) atoms. The Hall–Kier alpha value is -3.12. The number of rotatable bonds is 6. The number of benzene rings is 2. The van der Waals surface area contributed by atoms with Crippen molar-refractivity contribution in [2.75, 3.05) is 12.4 Å². The van der Waals surface area contributed by atoms with Crippen LogP contribution >= 0.6 is 11.6 Å². The van der Waals surface area contributed by atoms with Gasteiger partial charge in [-0.3, -0.25) is 9.59 Å². The van der Waals surface area contributed by atoms with Crippen LogP contribution in [0.5, 0.6) is 5.75 Å². The molecule has 1 amide bonds. The summed E-state index contributed by atoms with van der Waals surface area (Å²) in [5.74, 6) is 0.107. The Morgan fingerprint density at radius 2 is 1.90 bits per heavy atom. The van der Waals surface area contributed by atoms with Crippen molar-refractivity contribution in [3.05, 3.63) is 75.5 Å². The van der Waals surface area contributed by atoms with Gasteiger partial charge in [-0.05, 0) is 37.6 Å². The second kappa shape index (κ2) is 8.92. The number of methoxy groups -OCH3 is 1. The summed E-state index contributed by atoms with van der Waals surface area (Å²) in [7, 11) is 1.51. The summed E-state index contributed by atoms with van der Waals surface area (Å²) in [5, 5.41) is 7.71. The minimum atomic E-state index is -0.781. The molecule has 3 aromatic rings. The standard InChI is InChI=1S/C22H22ClN3O3/c1-4-19(22(28)24-18-13-16(23)9-11-20(18)29-3)26-21(27)12-10-17(25-26)15-7-5-14(2)6-8-15/h5-13,19H,4H2,1-3H3,(H,24,28)/t19-/m0/s1. The van der Waals surface area contributed by atoms with E-state index in [0.717, 1.165) is 11.1 Å². The van der Waals surface area contributed by atoms with Gasteiger partial charge in [0.15, 0.2) is 0 Å². The predicted octanol–water partition coefficient (Wildman–Crippen LogP) is 4.47. The topological polar surface area (TPSA) is 73.2 Å². The lowest BCUT2D eigenvalue weighted by atomic mass is 10.1. The number of nitrogens with zero attached hydrogens (tertiary/aromatic N) is 2. The van der Waals surface area contributed by atoms with Crippen molar-refractivity contribution >= 4 is 23.2 Å². The van der Waals surface area contributed by atoms with Crippen molar-refractivity contribution in [3.8, 4) is 17.0 Å². The highest BCUT2D eigenvalue weighted by Crippen LogP contribution is 2.28. The molecule has 0 spiro atoms. The summed E-state index contributed by atoms with van der Waals surface area (Å²) in [6, 6.07) is 15.1. The lowest BCUT2D eigenvalue weighted by Crippen LogP contribution is -2.34. The molecule has 0 aliphatic rings. The van der Waals surface area contributed by atoms with E-state index in [9.17, 15) is 9.59 Å². The van der Waals surface area contributed by atoms with Crippen molar-refractivity contribution in [1.82, 2.24) is 9.78 Å². The maximum absolute atomic E-state index is 13.0. The molecule has 1 heterocycles. The van der Waals surface area contributed by atoms with Crippen LogP contribution in [0.15, 0.2) is 59.4 Å². The summed E-state index contributed by atoms with van der Waals surface area (Å²) in [6.07, 6.45) is 0.388. The van der Waals surface area contributed by atoms with E-state index >= 15 is 0 Å². The number of carbonyl (C=O) groups excluding carboxylic acids is 1. The highest BCUT2D eigenvalue weighted by molar-refractivity contribution is 6.31. The van der Waals surface area contributed by atoms with Crippen molar-refractivity contribution in [2.24, 2.45) is 0 Å². The number of nitrogens with one attached hydrogen (secondary N) is 1. The van der Waals surface area contributed by atoms with Crippen LogP contribution < -0.4 is 15.6 Å². The Morgan fingerprint density at radius 1 is 1.17 bits per heavy atom. The number of hydrogen-bond donors (Lipinski definition) is 1. The van der Waals surface area contributed by atoms with Gasteiger partial charge in [-0.1, -0.05) is 48.4 Å². The maximum Gasteiger partial charge on any atom is 0.267 e. The number of aromatic nitrogens is 2. The monoisotopic (exact) mass is 411 g/mol. The fraction of sp³-hybridized carbons (Fsp3) is 0.227. The molecule has 7 heteroatoms. The highest BCUT2D eigenvalue weighted by Gasteiger charge is 2.22. The third-order valence-electron chi connectivity index (χ3n) is 4.58. The molecule has 150 valence electrons. The Balaban J connectivity index is 1.94. The molecule has 1 atom stereocenters. The summed E-state index contributed by atoms with van der Waals surface area (Å²) < 4.78 is 6.50. The summed E-state index contributed by atoms with van der Waals surface area (Å²) in [4.78, 5) is 25.4. The number of anilines is 1. The van der Waals surface area contributed by atoms with Crippen LogP contribution in [-0.4, -0.2) is 22.8 Å². The molecule has 0 saturated carbocycles. The molecule has 0 aliphatic carbocycles. The first-order valence-electron chi connectivity index (χ1n) is 9.24. The number of hydrogen-bond acceptors (Lipinski definition) is 4. The molecule has 1 aromatic heterocycles. The zero-order valence-corrected chi connectivity index (χ0v) is 17.2. The third-order valence-corrected chi connectivity index (χ3v) is 4.81. The maximum atomic E-state index is 13.0. The van der Waals surface area contributed by atoms with Gasteiger partial charge in [-0.25, -0.2) is 4.68 Å². The summed E-state index contributed by atoms with van der Waals surface area (Å²) in [5.41, 5.74) is 2.71. The van der Waals surface area contributed by atoms with Gasteiger partial charge < -0.3 is 10.1 Å². The van der Waals surface area contributed by atoms with Gasteiger partial charge in [0, 0.05) is 16.7 Å². The van der Waals surface area contributed by atoms with Crippen molar-refractivity contribution in [3.63, 3.8) is 0 Å². The number of ether oxygens (including phenoxy) is 1. The van der Waals surface area contributed by atoms with Crippen molar-refractivity contribution in [1.29, 1.82) is 0 Å². The highest BCUT2D eigenvalue weighted by atomic mass is 35.5. The average Bonchev–Trinajstić information content (AvgIpc) is 2.71. The first kappa shape index (κ1) is 20.6. The molecule has 1 N–H and O–H groups in total. The fourth-order valence-corrected chi connectivity index (χ4v) is 3.16. The number of halogens is 1. The average molecular weight is 412 g/mol. The van der Waals surface area contributed by atoms with E-state index in [-0.39, 0.29) is 11.5 Å². The Bertz CT molecular complexity index is 1080. The Morgan fingerprint density at radius 3 is 2.55 bits per heavy atom. The van der Waals surface area contributed by atoms with Crippen LogP contribution in [0, 0.1) is 6.92 Å². The number of amides is 1. The zero-order valence-electron chi connectivity index (χ0n) is 16.5. The molecule has 0 radical (unpaired) electrons. The zero-order chi connectivity index (χ0) is 21.0. The largest absolute Gasteiger partial charge is 0.495 e. The van der Waals surface area contributed by atoms with E-state index < -0.39 is 6.04 Å². The quantitative estimate of drug-likeness (QED) is 0.649. The van der Waals surface area contributed by atoms with Gasteiger partial charge in [-0.15, -0.1) is 0 Å². The minimum Gasteiger partial charge on any atom is -0.495 e. The van der Waals surface area contributed by atoms with Gasteiger partial charge in [0.2, 0.25) is 5.91 Å². The molecule has 0 saturated heterocycles. The van der Waals surface area contributed by atoms with Gasteiger partial charge in [0.25, 0.3) is 5.56 Å². The van der Waals surface area contributed by atoms with Crippen LogP contribution in [0.2, 0.25) is 5.02 Å². The molecule has 3 rings (SSSR count). The summed E-state index contributed by atoms with van der Waals surface area (Å²) in [6.45, 7) is 3.83. The van der Waals surface area contributed by atoms with Gasteiger partial charge in [0.05, 0.1) is 18.5 Å². The van der Waals surface area contributed by atoms with Crippen LogP contribution in [0.3, 0.4) is 0 Å². The predicted molar refractivity (Wildman–Crippen MR) is 115 cm³/mol. The Kier molecular flexibility index (Phi) is 6.34. The smallest absolute Gasteiger partial charge is 0.267 e.